The lowest BCUT2D eigenvalue weighted by Crippen LogP contribution is -2.47. The third-order valence-electron chi connectivity index (χ3n) is 6.51. The third-order valence-corrected chi connectivity index (χ3v) is 6.51. The first-order chi connectivity index (χ1) is 14.8. The summed E-state index contributed by atoms with van der Waals surface area (Å²) in [5.74, 6) is 1.44. The maximum atomic E-state index is 5.79. The molecule has 0 radical (unpaired) electrons. The van der Waals surface area contributed by atoms with Gasteiger partial charge < -0.3 is 18.9 Å². The van der Waals surface area contributed by atoms with E-state index >= 15 is 0 Å². The Bertz CT molecular complexity index is 409. The summed E-state index contributed by atoms with van der Waals surface area (Å²) in [7, 11) is 0. The Kier molecular flexibility index (Phi) is 14.0. The molecule has 1 saturated heterocycles. The average Bonchev–Trinajstić information content (AvgIpc) is 2.73. The topological polar surface area (TPSA) is 40.2 Å². The SMILES string of the molecule is C=COCCOCCC1CC(CCOCCOC=C)CN(C2CCCCCCC2)C1. The second kappa shape index (κ2) is 16.6. The van der Waals surface area contributed by atoms with Crippen LogP contribution in [0.1, 0.15) is 64.2 Å². The summed E-state index contributed by atoms with van der Waals surface area (Å²) < 4.78 is 21.9. The zero-order valence-electron chi connectivity index (χ0n) is 19.1. The Morgan fingerprint density at radius 3 is 1.67 bits per heavy atom. The third kappa shape index (κ3) is 10.8. The molecule has 1 heterocycles. The molecule has 2 rings (SSSR count). The van der Waals surface area contributed by atoms with Gasteiger partial charge in [-0.15, -0.1) is 0 Å². The number of hydrogen-bond acceptors (Lipinski definition) is 5. The Balaban J connectivity index is 1.78. The van der Waals surface area contributed by atoms with E-state index in [-0.39, 0.29) is 0 Å². The van der Waals surface area contributed by atoms with Crippen molar-refractivity contribution in [3.63, 3.8) is 0 Å². The minimum Gasteiger partial charge on any atom is -0.499 e. The quantitative estimate of drug-likeness (QED) is 0.268. The summed E-state index contributed by atoms with van der Waals surface area (Å²) in [6.07, 6.45) is 16.3. The van der Waals surface area contributed by atoms with Crippen molar-refractivity contribution in [1.29, 1.82) is 0 Å². The maximum Gasteiger partial charge on any atom is 0.111 e. The molecule has 0 N–H and O–H groups in total. The maximum absolute atomic E-state index is 5.79. The molecular formula is C25H45NO4. The molecule has 0 amide bonds. The van der Waals surface area contributed by atoms with Gasteiger partial charge in [0.2, 0.25) is 0 Å². The summed E-state index contributed by atoms with van der Waals surface area (Å²) in [5.41, 5.74) is 0. The predicted molar refractivity (Wildman–Crippen MR) is 122 cm³/mol. The normalized spacial score (nSPS) is 24.0. The summed E-state index contributed by atoms with van der Waals surface area (Å²) in [6, 6.07) is 0.777. The van der Waals surface area contributed by atoms with Gasteiger partial charge in [-0.25, -0.2) is 0 Å². The van der Waals surface area contributed by atoms with Gasteiger partial charge in [0.1, 0.15) is 13.2 Å². The lowest BCUT2D eigenvalue weighted by molar-refractivity contribution is 0.0239. The number of nitrogens with zero attached hydrogens (tertiary/aromatic N) is 1. The molecule has 1 aliphatic carbocycles. The highest BCUT2D eigenvalue weighted by molar-refractivity contribution is 4.84. The van der Waals surface area contributed by atoms with Gasteiger partial charge in [0.05, 0.1) is 25.7 Å². The van der Waals surface area contributed by atoms with E-state index in [4.69, 9.17) is 18.9 Å². The van der Waals surface area contributed by atoms with E-state index in [0.717, 1.165) is 43.9 Å². The Labute approximate surface area is 184 Å². The average molecular weight is 424 g/mol. The largest absolute Gasteiger partial charge is 0.499 e. The summed E-state index contributed by atoms with van der Waals surface area (Å²) in [6.45, 7) is 13.7. The van der Waals surface area contributed by atoms with E-state index in [1.54, 1.807) is 0 Å². The zero-order chi connectivity index (χ0) is 21.3. The van der Waals surface area contributed by atoms with Gasteiger partial charge in [-0.05, 0) is 43.9 Å². The van der Waals surface area contributed by atoms with Crippen molar-refractivity contribution in [2.45, 2.75) is 70.3 Å². The van der Waals surface area contributed by atoms with Crippen LogP contribution in [0.15, 0.2) is 25.7 Å². The molecule has 1 aliphatic heterocycles. The summed E-state index contributed by atoms with van der Waals surface area (Å²) in [4.78, 5) is 2.83. The van der Waals surface area contributed by atoms with Crippen LogP contribution >= 0.6 is 0 Å². The number of hydrogen-bond donors (Lipinski definition) is 0. The van der Waals surface area contributed by atoms with Crippen LogP contribution in [-0.2, 0) is 18.9 Å². The number of piperidine rings is 1. The fourth-order valence-electron chi connectivity index (χ4n) is 4.96. The smallest absolute Gasteiger partial charge is 0.111 e. The molecule has 5 nitrogen and oxygen atoms in total. The summed E-state index contributed by atoms with van der Waals surface area (Å²) >= 11 is 0. The molecule has 2 fully saturated rings. The highest BCUT2D eigenvalue weighted by Gasteiger charge is 2.31. The van der Waals surface area contributed by atoms with Crippen LogP contribution in [0.25, 0.3) is 0 Å². The molecule has 0 aromatic heterocycles. The van der Waals surface area contributed by atoms with E-state index in [1.165, 1.54) is 77.0 Å². The molecular weight excluding hydrogens is 378 g/mol. The number of rotatable bonds is 15. The highest BCUT2D eigenvalue weighted by atomic mass is 16.5. The van der Waals surface area contributed by atoms with Crippen LogP contribution in [0, 0.1) is 11.8 Å². The van der Waals surface area contributed by atoms with Gasteiger partial charge in [0.15, 0.2) is 0 Å². The lowest BCUT2D eigenvalue weighted by Gasteiger charge is -2.43. The first kappa shape index (κ1) is 25.2. The van der Waals surface area contributed by atoms with Crippen LogP contribution in [0.4, 0.5) is 0 Å². The molecule has 30 heavy (non-hydrogen) atoms. The van der Waals surface area contributed by atoms with E-state index in [9.17, 15) is 0 Å². The van der Waals surface area contributed by atoms with Crippen molar-refractivity contribution in [3.8, 4) is 0 Å². The van der Waals surface area contributed by atoms with Gasteiger partial charge in [-0.2, -0.15) is 0 Å². The van der Waals surface area contributed by atoms with Gasteiger partial charge in [-0.1, -0.05) is 45.3 Å². The first-order valence-electron chi connectivity index (χ1n) is 12.2. The summed E-state index contributed by atoms with van der Waals surface area (Å²) in [5, 5.41) is 0. The zero-order valence-corrected chi connectivity index (χ0v) is 19.1. The molecule has 174 valence electrons. The van der Waals surface area contributed by atoms with E-state index < -0.39 is 0 Å². The van der Waals surface area contributed by atoms with Crippen molar-refractivity contribution in [1.82, 2.24) is 4.90 Å². The molecule has 2 atom stereocenters. The van der Waals surface area contributed by atoms with Crippen LogP contribution < -0.4 is 0 Å². The molecule has 2 aliphatic rings. The Morgan fingerprint density at radius 2 is 1.17 bits per heavy atom. The van der Waals surface area contributed by atoms with Crippen LogP contribution in [0.5, 0.6) is 0 Å². The molecule has 5 heteroatoms. The van der Waals surface area contributed by atoms with Crippen LogP contribution in [0.3, 0.4) is 0 Å². The minimum absolute atomic E-state index is 0.595. The minimum atomic E-state index is 0.595. The van der Waals surface area contributed by atoms with Crippen molar-refractivity contribution >= 4 is 0 Å². The Morgan fingerprint density at radius 1 is 0.667 bits per heavy atom. The van der Waals surface area contributed by atoms with Gasteiger partial charge in [-0.3, -0.25) is 4.90 Å². The van der Waals surface area contributed by atoms with Crippen LogP contribution in [-0.4, -0.2) is 63.7 Å². The van der Waals surface area contributed by atoms with Gasteiger partial charge >= 0.3 is 0 Å². The first-order valence-corrected chi connectivity index (χ1v) is 12.2. The van der Waals surface area contributed by atoms with E-state index in [1.807, 2.05) is 0 Å². The lowest BCUT2D eigenvalue weighted by atomic mass is 9.83. The molecule has 2 unspecified atom stereocenters. The van der Waals surface area contributed by atoms with Crippen molar-refractivity contribution < 1.29 is 18.9 Å². The van der Waals surface area contributed by atoms with Crippen molar-refractivity contribution in [3.05, 3.63) is 25.7 Å². The van der Waals surface area contributed by atoms with Crippen molar-refractivity contribution in [2.75, 3.05) is 52.7 Å². The molecule has 0 bridgehead atoms. The number of likely N-dealkylation sites (tertiary alicyclic amines) is 1. The predicted octanol–water partition coefficient (Wildman–Crippen LogP) is 5.17. The van der Waals surface area contributed by atoms with Gasteiger partial charge in [0, 0.05) is 32.3 Å². The Hall–Kier alpha value is -1.04. The van der Waals surface area contributed by atoms with E-state index in [2.05, 4.69) is 18.1 Å². The molecule has 0 aromatic carbocycles. The second-order valence-electron chi connectivity index (χ2n) is 8.80. The fraction of sp³-hybridized carbons (Fsp3) is 0.840. The molecule has 1 saturated carbocycles. The molecule has 0 spiro atoms. The monoisotopic (exact) mass is 423 g/mol. The van der Waals surface area contributed by atoms with Crippen molar-refractivity contribution in [2.24, 2.45) is 11.8 Å². The highest BCUT2D eigenvalue weighted by Crippen LogP contribution is 2.31. The second-order valence-corrected chi connectivity index (χ2v) is 8.80. The molecule has 0 aromatic rings. The van der Waals surface area contributed by atoms with Gasteiger partial charge in [0.25, 0.3) is 0 Å². The number of ether oxygens (including phenoxy) is 4. The van der Waals surface area contributed by atoms with E-state index in [0.29, 0.717) is 26.4 Å². The standard InChI is InChI=1S/C25H45NO4/c1-3-27-16-18-29-14-12-23-20-24(13-15-30-19-17-28-4-2)22-26(21-23)25-10-8-6-5-7-9-11-25/h3-4,23-25H,1-2,5-22H2. The fourth-order valence-corrected chi connectivity index (χ4v) is 4.96. The van der Waals surface area contributed by atoms with Crippen LogP contribution in [0.2, 0.25) is 0 Å².